The maximum atomic E-state index is 13.6. The second-order valence-corrected chi connectivity index (χ2v) is 7.85. The highest BCUT2D eigenvalue weighted by molar-refractivity contribution is 7.27. The van der Waals surface area contributed by atoms with E-state index in [1.165, 1.54) is 24.3 Å². The molecule has 0 saturated carbocycles. The summed E-state index contributed by atoms with van der Waals surface area (Å²) in [7, 11) is 5.16. The number of halogens is 2. The van der Waals surface area contributed by atoms with E-state index in [2.05, 4.69) is 38.4 Å². The zero-order valence-corrected chi connectivity index (χ0v) is 17.8. The molecule has 0 amide bonds. The second-order valence-electron chi connectivity index (χ2n) is 6.76. The predicted molar refractivity (Wildman–Crippen MR) is 122 cm³/mol. The first kappa shape index (κ1) is 19.0. The van der Waals surface area contributed by atoms with Gasteiger partial charge in [0.05, 0.1) is 44.3 Å². The largest absolute Gasteiger partial charge is 0.245 e. The molecule has 0 aliphatic rings. The third-order valence-electron chi connectivity index (χ3n) is 4.74. The number of hydrogen-bond donors (Lipinski definition) is 0. The number of rotatable bonds is 2. The molecule has 2 aromatic heterocycles. The van der Waals surface area contributed by atoms with E-state index in [9.17, 15) is 8.78 Å². The van der Waals surface area contributed by atoms with E-state index in [1.54, 1.807) is 12.1 Å². The predicted octanol–water partition coefficient (Wildman–Crippen LogP) is 4.19. The van der Waals surface area contributed by atoms with Crippen molar-refractivity contribution in [1.82, 2.24) is 19.9 Å². The zero-order chi connectivity index (χ0) is 20.8. The molecule has 0 bridgehead atoms. The van der Waals surface area contributed by atoms with Gasteiger partial charge in [0.2, 0.25) is 0 Å². The minimum Gasteiger partial charge on any atom is -0.245 e. The van der Waals surface area contributed by atoms with Gasteiger partial charge in [-0.05, 0) is 24.3 Å². The minimum atomic E-state index is -0.353. The molecule has 3 aromatic carbocycles. The Balaban J connectivity index is 1.58. The summed E-state index contributed by atoms with van der Waals surface area (Å²) in [5.41, 5.74) is 6.60. The first-order valence-corrected chi connectivity index (χ1v) is 10.2. The normalized spacial score (nSPS) is 11.3. The summed E-state index contributed by atoms with van der Waals surface area (Å²) in [5.74, 6) is -0.706. The van der Waals surface area contributed by atoms with Crippen LogP contribution in [0.15, 0.2) is 60.7 Å². The molecule has 0 radical (unpaired) electrons. The SMILES string of the molecule is Fc1ccc2nc(P)c(-c3ccc(-c4nc5cc(F)ccc5nc4P)cc3)nc2c1. The Morgan fingerprint density at radius 1 is 0.500 bits per heavy atom. The van der Waals surface area contributed by atoms with E-state index in [1.807, 2.05) is 24.3 Å². The maximum absolute atomic E-state index is 13.6. The third kappa shape index (κ3) is 3.43. The van der Waals surface area contributed by atoms with Gasteiger partial charge in [0.1, 0.15) is 11.6 Å². The highest BCUT2D eigenvalue weighted by Gasteiger charge is 2.12. The number of hydrogen-bond acceptors (Lipinski definition) is 4. The summed E-state index contributed by atoms with van der Waals surface area (Å²) in [6.07, 6.45) is 0. The lowest BCUT2D eigenvalue weighted by Crippen LogP contribution is -2.07. The van der Waals surface area contributed by atoms with E-state index in [-0.39, 0.29) is 11.6 Å². The Kier molecular flexibility index (Phi) is 4.69. The van der Waals surface area contributed by atoms with Crippen molar-refractivity contribution in [2.45, 2.75) is 0 Å². The standard InChI is InChI=1S/C22H14F2N4P2/c23-13-5-7-15-17(9-13)25-19(21(29)27-15)11-1-2-12(4-3-11)20-22(30)28-16-8-6-14(24)10-18(16)26-20/h1-10H,29-30H2. The van der Waals surface area contributed by atoms with Crippen molar-refractivity contribution in [1.29, 1.82) is 0 Å². The molecule has 2 unspecified atom stereocenters. The van der Waals surface area contributed by atoms with Crippen LogP contribution in [0, 0.1) is 11.6 Å². The van der Waals surface area contributed by atoms with Crippen LogP contribution >= 0.6 is 18.5 Å². The van der Waals surface area contributed by atoms with Crippen LogP contribution in [-0.4, -0.2) is 19.9 Å². The van der Waals surface area contributed by atoms with Gasteiger partial charge >= 0.3 is 0 Å². The molecule has 4 nitrogen and oxygen atoms in total. The van der Waals surface area contributed by atoms with Gasteiger partial charge in [0.25, 0.3) is 0 Å². The number of fused-ring (bicyclic) bond motifs is 2. The molecule has 0 spiro atoms. The lowest BCUT2D eigenvalue weighted by molar-refractivity contribution is 0.629. The summed E-state index contributed by atoms with van der Waals surface area (Å²) < 4.78 is 27.1. The third-order valence-corrected chi connectivity index (χ3v) is 5.54. The van der Waals surface area contributed by atoms with Crippen LogP contribution in [0.4, 0.5) is 8.78 Å². The van der Waals surface area contributed by atoms with Gasteiger partial charge in [-0.2, -0.15) is 0 Å². The van der Waals surface area contributed by atoms with Gasteiger partial charge in [0.15, 0.2) is 0 Å². The summed E-state index contributed by atoms with van der Waals surface area (Å²) >= 11 is 0. The average molecular weight is 434 g/mol. The first-order valence-electron chi connectivity index (χ1n) is 9.04. The van der Waals surface area contributed by atoms with Crippen molar-refractivity contribution in [3.8, 4) is 22.5 Å². The van der Waals surface area contributed by atoms with Gasteiger partial charge in [0, 0.05) is 23.3 Å². The first-order chi connectivity index (χ1) is 14.5. The second kappa shape index (κ2) is 7.39. The van der Waals surface area contributed by atoms with E-state index >= 15 is 0 Å². The van der Waals surface area contributed by atoms with Crippen molar-refractivity contribution < 1.29 is 8.78 Å². The minimum absolute atomic E-state index is 0.353. The van der Waals surface area contributed by atoms with E-state index in [4.69, 9.17) is 0 Å². The molecule has 5 aromatic rings. The Morgan fingerprint density at radius 2 is 0.900 bits per heavy atom. The number of nitrogens with zero attached hydrogens (tertiary/aromatic N) is 4. The highest BCUT2D eigenvalue weighted by atomic mass is 31.0. The highest BCUT2D eigenvalue weighted by Crippen LogP contribution is 2.25. The topological polar surface area (TPSA) is 51.6 Å². The van der Waals surface area contributed by atoms with Gasteiger partial charge in [-0.1, -0.05) is 42.7 Å². The van der Waals surface area contributed by atoms with E-state index < -0.39 is 0 Å². The summed E-state index contributed by atoms with van der Waals surface area (Å²) in [6.45, 7) is 0. The smallest absolute Gasteiger partial charge is 0.125 e. The fourth-order valence-electron chi connectivity index (χ4n) is 3.29. The van der Waals surface area contributed by atoms with Gasteiger partial charge < -0.3 is 0 Å². The van der Waals surface area contributed by atoms with Gasteiger partial charge in [-0.3, -0.25) is 0 Å². The molecule has 0 aliphatic heterocycles. The summed E-state index contributed by atoms with van der Waals surface area (Å²) in [5, 5.41) is 0. The Hall–Kier alpha value is -2.94. The van der Waals surface area contributed by atoms with E-state index in [0.29, 0.717) is 44.3 Å². The number of benzene rings is 3. The Bertz CT molecular complexity index is 1330. The molecule has 8 heteroatoms. The fourth-order valence-corrected chi connectivity index (χ4v) is 4.03. The van der Waals surface area contributed by atoms with Crippen molar-refractivity contribution in [3.63, 3.8) is 0 Å². The molecule has 0 saturated heterocycles. The van der Waals surface area contributed by atoms with Crippen LogP contribution < -0.4 is 10.9 Å². The molecule has 0 N–H and O–H groups in total. The van der Waals surface area contributed by atoms with Crippen molar-refractivity contribution >= 4 is 51.4 Å². The van der Waals surface area contributed by atoms with E-state index in [0.717, 1.165) is 11.1 Å². The molecule has 0 aliphatic carbocycles. The average Bonchev–Trinajstić information content (AvgIpc) is 2.73. The quantitative estimate of drug-likeness (QED) is 0.391. The van der Waals surface area contributed by atoms with Gasteiger partial charge in [-0.15, -0.1) is 0 Å². The Morgan fingerprint density at radius 3 is 1.30 bits per heavy atom. The molecule has 146 valence electrons. The molecule has 0 fully saturated rings. The van der Waals surface area contributed by atoms with Crippen LogP contribution in [0.3, 0.4) is 0 Å². The van der Waals surface area contributed by atoms with Crippen LogP contribution in [0.5, 0.6) is 0 Å². The molecule has 30 heavy (non-hydrogen) atoms. The van der Waals surface area contributed by atoms with Crippen LogP contribution in [-0.2, 0) is 0 Å². The Labute approximate surface area is 175 Å². The van der Waals surface area contributed by atoms with Gasteiger partial charge in [-0.25, -0.2) is 28.7 Å². The summed E-state index contributed by atoms with van der Waals surface area (Å²) in [4.78, 5) is 18.2. The van der Waals surface area contributed by atoms with Crippen LogP contribution in [0.2, 0.25) is 0 Å². The monoisotopic (exact) mass is 434 g/mol. The van der Waals surface area contributed by atoms with Crippen LogP contribution in [0.25, 0.3) is 44.6 Å². The van der Waals surface area contributed by atoms with Crippen molar-refractivity contribution in [3.05, 3.63) is 72.3 Å². The maximum Gasteiger partial charge on any atom is 0.125 e. The summed E-state index contributed by atoms with van der Waals surface area (Å²) in [6, 6.07) is 16.3. The fraction of sp³-hybridized carbons (Fsp3) is 0. The molecule has 2 atom stereocenters. The molecule has 2 heterocycles. The molecule has 5 rings (SSSR count). The van der Waals surface area contributed by atoms with Crippen molar-refractivity contribution in [2.24, 2.45) is 0 Å². The number of aromatic nitrogens is 4. The lowest BCUT2D eigenvalue weighted by Gasteiger charge is -2.09. The van der Waals surface area contributed by atoms with Crippen molar-refractivity contribution in [2.75, 3.05) is 0 Å². The lowest BCUT2D eigenvalue weighted by atomic mass is 10.1. The molecular weight excluding hydrogens is 420 g/mol. The van der Waals surface area contributed by atoms with Crippen LogP contribution in [0.1, 0.15) is 0 Å². The zero-order valence-electron chi connectivity index (χ0n) is 15.5. The molecular formula is C22H14F2N4P2.